The van der Waals surface area contributed by atoms with E-state index in [2.05, 4.69) is 32.7 Å². The minimum absolute atomic E-state index is 0.00286. The summed E-state index contributed by atoms with van der Waals surface area (Å²) in [6.07, 6.45) is 0.765. The topological polar surface area (TPSA) is 49.4 Å². The van der Waals surface area contributed by atoms with Crippen LogP contribution in [0.15, 0.2) is 12.2 Å². The molecule has 94 valence electrons. The molecule has 2 rings (SSSR count). The summed E-state index contributed by atoms with van der Waals surface area (Å²) < 4.78 is 0. The second kappa shape index (κ2) is 3.95. The Labute approximate surface area is 102 Å². The van der Waals surface area contributed by atoms with Crippen molar-refractivity contribution in [1.29, 1.82) is 0 Å². The molecule has 1 heterocycles. The van der Waals surface area contributed by atoms with E-state index in [1.54, 1.807) is 0 Å². The van der Waals surface area contributed by atoms with E-state index in [0.717, 1.165) is 12.0 Å². The van der Waals surface area contributed by atoms with Crippen LogP contribution in [0.3, 0.4) is 0 Å². The summed E-state index contributed by atoms with van der Waals surface area (Å²) in [5.74, 6) is -0.0226. The van der Waals surface area contributed by atoms with Gasteiger partial charge in [-0.15, -0.1) is 0 Å². The Morgan fingerprint density at radius 3 is 2.35 bits per heavy atom. The predicted molar refractivity (Wildman–Crippen MR) is 65.2 cm³/mol. The first-order valence-corrected chi connectivity index (χ1v) is 6.06. The second-order valence-electron chi connectivity index (χ2n) is 6.06. The summed E-state index contributed by atoms with van der Waals surface area (Å²) in [5.41, 5.74) is 0.896. The molecule has 2 amide bonds. The number of likely N-dealkylation sites (tertiary alicyclic amines) is 1. The fraction of sp³-hybridized carbons (Fsp3) is 0.692. The molecule has 1 saturated carbocycles. The van der Waals surface area contributed by atoms with E-state index >= 15 is 0 Å². The third-order valence-corrected chi connectivity index (χ3v) is 3.21. The van der Waals surface area contributed by atoms with Gasteiger partial charge >= 0.3 is 0 Å². The predicted octanol–water partition coefficient (Wildman–Crippen LogP) is 0.936. The molecule has 2 aliphatic rings. The van der Waals surface area contributed by atoms with Gasteiger partial charge in [0, 0.05) is 12.1 Å². The molecule has 17 heavy (non-hydrogen) atoms. The van der Waals surface area contributed by atoms with Crippen molar-refractivity contribution in [2.75, 3.05) is 13.1 Å². The molecule has 0 aromatic carbocycles. The zero-order valence-corrected chi connectivity index (χ0v) is 10.7. The Morgan fingerprint density at radius 1 is 1.35 bits per heavy atom. The van der Waals surface area contributed by atoms with Crippen LogP contribution < -0.4 is 5.32 Å². The molecule has 2 unspecified atom stereocenters. The smallest absolute Gasteiger partial charge is 0.233 e. The van der Waals surface area contributed by atoms with E-state index in [1.807, 2.05) is 0 Å². The summed E-state index contributed by atoms with van der Waals surface area (Å²) in [6, 6.07) is 0. The van der Waals surface area contributed by atoms with Crippen LogP contribution in [0.2, 0.25) is 0 Å². The van der Waals surface area contributed by atoms with Gasteiger partial charge in [0.1, 0.15) is 0 Å². The third-order valence-electron chi connectivity index (χ3n) is 3.21. The van der Waals surface area contributed by atoms with Crippen LogP contribution in [0.25, 0.3) is 0 Å². The van der Waals surface area contributed by atoms with Crippen molar-refractivity contribution in [3.05, 3.63) is 12.2 Å². The molecule has 4 heteroatoms. The van der Waals surface area contributed by atoms with Crippen molar-refractivity contribution in [2.24, 2.45) is 11.8 Å². The van der Waals surface area contributed by atoms with E-state index in [0.29, 0.717) is 13.1 Å². The molecule has 1 N–H and O–H groups in total. The molecule has 0 aromatic rings. The van der Waals surface area contributed by atoms with Crippen molar-refractivity contribution in [1.82, 2.24) is 10.2 Å². The van der Waals surface area contributed by atoms with Gasteiger partial charge in [-0.2, -0.15) is 0 Å². The lowest BCUT2D eigenvalue weighted by Gasteiger charge is -2.23. The Hall–Kier alpha value is -1.16. The van der Waals surface area contributed by atoms with Crippen molar-refractivity contribution < 1.29 is 9.59 Å². The van der Waals surface area contributed by atoms with Gasteiger partial charge in [-0.05, 0) is 32.8 Å². The van der Waals surface area contributed by atoms with Crippen LogP contribution >= 0.6 is 0 Å². The monoisotopic (exact) mass is 236 g/mol. The lowest BCUT2D eigenvalue weighted by atomic mass is 10.1. The number of piperidine rings is 1. The highest BCUT2D eigenvalue weighted by Crippen LogP contribution is 2.46. The number of carbonyl (C=O) groups is 2. The molecule has 0 radical (unpaired) electrons. The average Bonchev–Trinajstić information content (AvgIpc) is 2.95. The number of rotatable bonds is 4. The van der Waals surface area contributed by atoms with Gasteiger partial charge in [-0.25, -0.2) is 0 Å². The van der Waals surface area contributed by atoms with Gasteiger partial charge in [-0.1, -0.05) is 6.58 Å². The van der Waals surface area contributed by atoms with Gasteiger partial charge in [0.2, 0.25) is 11.8 Å². The number of imide groups is 1. The molecule has 0 spiro atoms. The number of carbonyl (C=O) groups excluding carboxylic acids is 2. The van der Waals surface area contributed by atoms with Crippen LogP contribution in [0.1, 0.15) is 27.2 Å². The van der Waals surface area contributed by atoms with Crippen LogP contribution in [0, 0.1) is 11.8 Å². The summed E-state index contributed by atoms with van der Waals surface area (Å²) in [7, 11) is 0. The molecule has 2 atom stereocenters. The fourth-order valence-electron chi connectivity index (χ4n) is 2.08. The quantitative estimate of drug-likeness (QED) is 0.583. The van der Waals surface area contributed by atoms with Crippen molar-refractivity contribution in [2.45, 2.75) is 32.7 Å². The maximum atomic E-state index is 11.7. The molecular formula is C13H20N2O2. The number of nitrogens with zero attached hydrogens (tertiary/aromatic N) is 1. The van der Waals surface area contributed by atoms with Gasteiger partial charge in [0.25, 0.3) is 0 Å². The highest BCUT2D eigenvalue weighted by atomic mass is 16.2. The van der Waals surface area contributed by atoms with Gasteiger partial charge in [0.05, 0.1) is 18.4 Å². The van der Waals surface area contributed by atoms with E-state index < -0.39 is 0 Å². The second-order valence-corrected chi connectivity index (χ2v) is 6.06. The van der Waals surface area contributed by atoms with Crippen LogP contribution in [-0.2, 0) is 9.59 Å². The van der Waals surface area contributed by atoms with Gasteiger partial charge in [-0.3, -0.25) is 14.5 Å². The SMILES string of the molecule is C=C(CNC(C)(C)C)CN1C(=O)C2CC2C1=O. The molecular weight excluding hydrogens is 216 g/mol. The highest BCUT2D eigenvalue weighted by molar-refractivity contribution is 6.09. The Morgan fingerprint density at radius 2 is 1.88 bits per heavy atom. The maximum Gasteiger partial charge on any atom is 0.233 e. The minimum Gasteiger partial charge on any atom is -0.308 e. The summed E-state index contributed by atoms with van der Waals surface area (Å²) in [4.78, 5) is 24.8. The summed E-state index contributed by atoms with van der Waals surface area (Å²) in [5, 5.41) is 3.30. The summed E-state index contributed by atoms with van der Waals surface area (Å²) >= 11 is 0. The van der Waals surface area contributed by atoms with Gasteiger partial charge in [0.15, 0.2) is 0 Å². The van der Waals surface area contributed by atoms with Crippen LogP contribution in [0.4, 0.5) is 0 Å². The first-order chi connectivity index (χ1) is 7.79. The largest absolute Gasteiger partial charge is 0.308 e. The number of hydrogen-bond donors (Lipinski definition) is 1. The molecule has 1 aliphatic carbocycles. The average molecular weight is 236 g/mol. The zero-order chi connectivity index (χ0) is 12.8. The Kier molecular flexibility index (Phi) is 2.86. The Balaban J connectivity index is 1.83. The van der Waals surface area contributed by atoms with Crippen molar-refractivity contribution in [3.63, 3.8) is 0 Å². The number of hydrogen-bond acceptors (Lipinski definition) is 3. The normalized spacial score (nSPS) is 27.4. The van der Waals surface area contributed by atoms with Gasteiger partial charge < -0.3 is 5.32 Å². The maximum absolute atomic E-state index is 11.7. The first-order valence-electron chi connectivity index (χ1n) is 6.06. The van der Waals surface area contributed by atoms with E-state index in [1.165, 1.54) is 4.90 Å². The Bertz CT molecular complexity index is 361. The zero-order valence-electron chi connectivity index (χ0n) is 10.7. The molecule has 1 aliphatic heterocycles. The molecule has 0 aromatic heterocycles. The standard InChI is InChI=1S/C13H20N2O2/c1-8(6-14-13(2,3)4)7-15-11(16)9-5-10(9)12(15)17/h9-10,14H,1,5-7H2,2-4H3. The van der Waals surface area contributed by atoms with E-state index in [4.69, 9.17) is 0 Å². The van der Waals surface area contributed by atoms with E-state index in [9.17, 15) is 9.59 Å². The van der Waals surface area contributed by atoms with E-state index in [-0.39, 0.29) is 29.2 Å². The molecule has 2 fully saturated rings. The first kappa shape index (κ1) is 12.3. The molecule has 1 saturated heterocycles. The minimum atomic E-state index is -0.00845. The van der Waals surface area contributed by atoms with Crippen molar-refractivity contribution >= 4 is 11.8 Å². The molecule has 4 nitrogen and oxygen atoms in total. The molecule has 0 bridgehead atoms. The number of fused-ring (bicyclic) bond motifs is 1. The highest BCUT2D eigenvalue weighted by Gasteiger charge is 2.58. The number of nitrogens with one attached hydrogen (secondary N) is 1. The number of amides is 2. The fourth-order valence-corrected chi connectivity index (χ4v) is 2.08. The summed E-state index contributed by atoms with van der Waals surface area (Å²) in [6.45, 7) is 11.1. The van der Waals surface area contributed by atoms with Crippen LogP contribution in [-0.4, -0.2) is 35.3 Å². The third kappa shape index (κ3) is 2.57. The van der Waals surface area contributed by atoms with Crippen LogP contribution in [0.5, 0.6) is 0 Å². The van der Waals surface area contributed by atoms with Crippen molar-refractivity contribution in [3.8, 4) is 0 Å². The lowest BCUT2D eigenvalue weighted by molar-refractivity contribution is -0.140. The lowest BCUT2D eigenvalue weighted by Crippen LogP contribution is -2.40.